The second kappa shape index (κ2) is 10.1. The number of nitrogens with one attached hydrogen (secondary N) is 1. The van der Waals surface area contributed by atoms with Gasteiger partial charge in [0, 0.05) is 26.1 Å². The molecule has 6 heteroatoms. The van der Waals surface area contributed by atoms with Gasteiger partial charge in [-0.1, -0.05) is 36.8 Å². The third-order valence-corrected chi connectivity index (χ3v) is 7.66. The summed E-state index contributed by atoms with van der Waals surface area (Å²) < 4.78 is 13.5. The number of quaternary nitrogens is 1. The number of nitrogens with zero attached hydrogens (tertiary/aromatic N) is 2. The Kier molecular flexibility index (Phi) is 7.25. The van der Waals surface area contributed by atoms with E-state index in [1.54, 1.807) is 12.1 Å². The van der Waals surface area contributed by atoms with E-state index in [1.165, 1.54) is 12.1 Å². The van der Waals surface area contributed by atoms with Crippen molar-refractivity contribution in [2.24, 2.45) is 5.92 Å². The van der Waals surface area contributed by atoms with Crippen molar-refractivity contribution in [3.05, 3.63) is 66.0 Å². The highest BCUT2D eigenvalue weighted by atomic mass is 19.1. The van der Waals surface area contributed by atoms with E-state index in [4.69, 9.17) is 0 Å². The molecule has 2 aromatic rings. The van der Waals surface area contributed by atoms with E-state index in [2.05, 4.69) is 24.4 Å². The van der Waals surface area contributed by atoms with Crippen LogP contribution in [0.5, 0.6) is 0 Å². The number of carbonyl (C=O) groups is 2. The van der Waals surface area contributed by atoms with Gasteiger partial charge in [-0.25, -0.2) is 13.7 Å². The molecule has 1 saturated heterocycles. The Morgan fingerprint density at radius 3 is 2.36 bits per heavy atom. The van der Waals surface area contributed by atoms with Crippen molar-refractivity contribution in [3.8, 4) is 0 Å². The second-order valence-electron chi connectivity index (χ2n) is 9.44. The molecule has 1 saturated carbocycles. The fourth-order valence-corrected chi connectivity index (χ4v) is 5.36. The van der Waals surface area contributed by atoms with Gasteiger partial charge in [-0.3, -0.25) is 10.1 Å². The van der Waals surface area contributed by atoms with Crippen LogP contribution in [0.15, 0.2) is 54.6 Å². The van der Waals surface area contributed by atoms with Gasteiger partial charge in [0.1, 0.15) is 11.5 Å². The van der Waals surface area contributed by atoms with Crippen molar-refractivity contribution in [1.29, 1.82) is 0 Å². The van der Waals surface area contributed by atoms with Crippen LogP contribution >= 0.6 is 0 Å². The summed E-state index contributed by atoms with van der Waals surface area (Å²) in [6.07, 6.45) is 4.79. The lowest BCUT2D eigenvalue weighted by molar-refractivity contribution is -0.141. The molecule has 4 rings (SSSR count). The number of para-hydroxylation sites is 1. The topological polar surface area (TPSA) is 49.4 Å². The van der Waals surface area contributed by atoms with Crippen LogP contribution in [0.4, 0.5) is 10.1 Å². The first-order valence-electron chi connectivity index (χ1n) is 12.2. The summed E-state index contributed by atoms with van der Waals surface area (Å²) >= 11 is 0. The summed E-state index contributed by atoms with van der Waals surface area (Å²) in [5.41, 5.74) is 1.83. The number of hydrogen-bond donors (Lipinski definition) is 1. The van der Waals surface area contributed by atoms with Crippen LogP contribution in [0.3, 0.4) is 0 Å². The lowest BCUT2D eigenvalue weighted by Crippen LogP contribution is -2.70. The standard InChI is InChI=1S/C27H35FN3O2/c1-3-31(24-10-5-4-6-11-24,27(33)21-8-7-9-21)25-19-23(16-17-29-25)30(2)26(32)18-20-12-14-22(28)15-13-20/h4-6,10-15,21,23,25,29H,3,7-9,16-19H2,1-2H3/q+1. The van der Waals surface area contributed by atoms with E-state index in [0.29, 0.717) is 23.4 Å². The Morgan fingerprint density at radius 2 is 1.76 bits per heavy atom. The summed E-state index contributed by atoms with van der Waals surface area (Å²) in [4.78, 5) is 28.7. The summed E-state index contributed by atoms with van der Waals surface area (Å²) in [5, 5.41) is 3.64. The van der Waals surface area contributed by atoms with E-state index in [9.17, 15) is 14.0 Å². The molecule has 0 radical (unpaired) electrons. The molecule has 0 spiro atoms. The van der Waals surface area contributed by atoms with Crippen LogP contribution < -0.4 is 9.80 Å². The van der Waals surface area contributed by atoms with E-state index in [-0.39, 0.29) is 36.3 Å². The minimum absolute atomic E-state index is 0.0203. The number of halogens is 1. The Bertz CT molecular complexity index is 961. The highest BCUT2D eigenvalue weighted by Crippen LogP contribution is 2.38. The first-order chi connectivity index (χ1) is 16.0. The van der Waals surface area contributed by atoms with Crippen molar-refractivity contribution in [1.82, 2.24) is 14.7 Å². The van der Waals surface area contributed by atoms with Crippen LogP contribution in [0.2, 0.25) is 0 Å². The number of carbonyl (C=O) groups excluding carboxylic acids is 2. The molecule has 2 aromatic carbocycles. The van der Waals surface area contributed by atoms with Crippen LogP contribution in [-0.4, -0.2) is 49.1 Å². The molecule has 3 atom stereocenters. The zero-order valence-corrected chi connectivity index (χ0v) is 19.7. The smallest absolute Gasteiger partial charge is 0.323 e. The van der Waals surface area contributed by atoms with Gasteiger partial charge in [0.2, 0.25) is 5.91 Å². The van der Waals surface area contributed by atoms with E-state index in [1.807, 2.05) is 30.1 Å². The van der Waals surface area contributed by atoms with Gasteiger partial charge in [0.05, 0.1) is 18.9 Å². The molecular formula is C27H35FN3O2+. The number of benzene rings is 2. The average molecular weight is 453 g/mol. The summed E-state index contributed by atoms with van der Waals surface area (Å²) in [6, 6.07) is 16.3. The molecule has 1 aliphatic heterocycles. The van der Waals surface area contributed by atoms with Crippen LogP contribution in [-0.2, 0) is 16.0 Å². The summed E-state index contributed by atoms with van der Waals surface area (Å²) in [7, 11) is 1.86. The van der Waals surface area contributed by atoms with Crippen LogP contribution in [0.25, 0.3) is 0 Å². The molecule has 5 nitrogen and oxygen atoms in total. The van der Waals surface area contributed by atoms with E-state index in [0.717, 1.165) is 43.5 Å². The Labute approximate surface area is 196 Å². The zero-order chi connectivity index (χ0) is 23.4. The van der Waals surface area contributed by atoms with Gasteiger partial charge in [-0.15, -0.1) is 0 Å². The molecule has 1 aliphatic carbocycles. The highest BCUT2D eigenvalue weighted by molar-refractivity contribution is 5.91. The van der Waals surface area contributed by atoms with Gasteiger partial charge in [-0.05, 0) is 56.0 Å². The molecule has 3 unspecified atom stereocenters. The lowest BCUT2D eigenvalue weighted by Gasteiger charge is -2.48. The number of hydrogen-bond acceptors (Lipinski definition) is 3. The molecule has 1 N–H and O–H groups in total. The molecule has 0 bridgehead atoms. The number of likely N-dealkylation sites (N-methyl/N-ethyl adjacent to an activating group) is 1. The minimum Gasteiger partial charge on any atom is -0.342 e. The maximum Gasteiger partial charge on any atom is 0.323 e. The quantitative estimate of drug-likeness (QED) is 0.639. The maximum atomic E-state index is 13.9. The molecule has 2 amide bonds. The average Bonchev–Trinajstić information content (AvgIpc) is 2.81. The van der Waals surface area contributed by atoms with Crippen molar-refractivity contribution in [2.75, 3.05) is 20.1 Å². The van der Waals surface area contributed by atoms with Crippen molar-refractivity contribution >= 4 is 17.5 Å². The maximum absolute atomic E-state index is 13.9. The first kappa shape index (κ1) is 23.6. The van der Waals surface area contributed by atoms with Gasteiger partial charge < -0.3 is 4.90 Å². The monoisotopic (exact) mass is 452 g/mol. The van der Waals surface area contributed by atoms with Crippen molar-refractivity contribution < 1.29 is 14.0 Å². The number of piperidine rings is 1. The molecule has 0 aromatic heterocycles. The largest absolute Gasteiger partial charge is 0.342 e. The minimum atomic E-state index is -0.300. The molecule has 2 fully saturated rings. The fourth-order valence-electron chi connectivity index (χ4n) is 5.36. The third-order valence-electron chi connectivity index (χ3n) is 7.66. The van der Waals surface area contributed by atoms with Crippen molar-refractivity contribution in [2.45, 2.75) is 57.7 Å². The van der Waals surface area contributed by atoms with Gasteiger partial charge in [0.15, 0.2) is 6.17 Å². The molecular weight excluding hydrogens is 417 g/mol. The predicted molar refractivity (Wildman–Crippen MR) is 129 cm³/mol. The number of amides is 2. The van der Waals surface area contributed by atoms with Gasteiger partial charge in [0.25, 0.3) is 0 Å². The Morgan fingerprint density at radius 1 is 1.06 bits per heavy atom. The highest BCUT2D eigenvalue weighted by Gasteiger charge is 2.51. The van der Waals surface area contributed by atoms with Gasteiger partial charge >= 0.3 is 5.91 Å². The lowest BCUT2D eigenvalue weighted by atomic mass is 9.82. The SMILES string of the molecule is CC[N+](C(=O)C1CCC1)(c1ccccc1)C1CC(N(C)C(=O)Cc2ccc(F)cc2)CCN1. The second-order valence-corrected chi connectivity index (χ2v) is 9.44. The first-order valence-corrected chi connectivity index (χ1v) is 12.2. The normalized spacial score (nSPS) is 22.8. The number of rotatable bonds is 7. The molecule has 33 heavy (non-hydrogen) atoms. The zero-order valence-electron chi connectivity index (χ0n) is 19.7. The van der Waals surface area contributed by atoms with E-state index < -0.39 is 0 Å². The Balaban J connectivity index is 1.55. The summed E-state index contributed by atoms with van der Waals surface area (Å²) in [5.74, 6) is 0.136. The molecule has 2 aliphatic rings. The molecule has 1 heterocycles. The van der Waals surface area contributed by atoms with Crippen molar-refractivity contribution in [3.63, 3.8) is 0 Å². The Hall–Kier alpha value is -2.57. The third kappa shape index (κ3) is 4.73. The van der Waals surface area contributed by atoms with Gasteiger partial charge in [-0.2, -0.15) is 0 Å². The van der Waals surface area contributed by atoms with Crippen LogP contribution in [0, 0.1) is 11.7 Å². The van der Waals surface area contributed by atoms with E-state index >= 15 is 0 Å². The summed E-state index contributed by atoms with van der Waals surface area (Å²) in [6.45, 7) is 3.53. The van der Waals surface area contributed by atoms with Crippen LogP contribution in [0.1, 0.15) is 44.6 Å². The molecule has 176 valence electrons. The fraction of sp³-hybridized carbons (Fsp3) is 0.481. The predicted octanol–water partition coefficient (Wildman–Crippen LogP) is 4.26.